The van der Waals surface area contributed by atoms with Gasteiger partial charge in [-0.3, -0.25) is 4.79 Å². The maximum absolute atomic E-state index is 13.9. The minimum absolute atomic E-state index is 0.0601. The molecule has 134 valence electrons. The number of anilines is 1. The van der Waals surface area contributed by atoms with Gasteiger partial charge in [0.05, 0.1) is 16.9 Å². The van der Waals surface area contributed by atoms with Crippen LogP contribution in [0.1, 0.15) is 27.4 Å². The number of carbonyl (C=O) groups is 1. The smallest absolute Gasteiger partial charge is 0.258 e. The number of carbonyl (C=O) groups excluding carboxylic acids is 1. The largest absolute Gasteiger partial charge is 0.361 e. The first-order valence-electron chi connectivity index (χ1n) is 7.71. The van der Waals surface area contributed by atoms with Crippen LogP contribution in [0.3, 0.4) is 0 Å². The Morgan fingerprint density at radius 2 is 2.15 bits per heavy atom. The number of rotatable bonds is 5. The number of halogens is 2. The Bertz CT molecular complexity index is 942. The Labute approximate surface area is 158 Å². The molecule has 0 unspecified atom stereocenters. The van der Waals surface area contributed by atoms with Crippen LogP contribution in [0, 0.1) is 19.7 Å². The van der Waals surface area contributed by atoms with Gasteiger partial charge < -0.3 is 9.84 Å². The predicted octanol–water partition coefficient (Wildman–Crippen LogP) is 5.02. The summed E-state index contributed by atoms with van der Waals surface area (Å²) in [5.41, 5.74) is 2.19. The maximum atomic E-state index is 13.9. The summed E-state index contributed by atoms with van der Waals surface area (Å²) in [6.07, 6.45) is 1.61. The molecular weight excluding hydrogens is 377 g/mol. The summed E-state index contributed by atoms with van der Waals surface area (Å²) < 4.78 is 19.1. The van der Waals surface area contributed by atoms with Crippen molar-refractivity contribution in [3.8, 4) is 0 Å². The average Bonchev–Trinajstić information content (AvgIpc) is 2.94. The highest BCUT2D eigenvalue weighted by Crippen LogP contribution is 2.28. The summed E-state index contributed by atoms with van der Waals surface area (Å²) in [6.45, 7) is 3.70. The molecule has 3 aromatic rings. The Hall–Kier alpha value is -2.38. The first kappa shape index (κ1) is 18.4. The summed E-state index contributed by atoms with van der Waals surface area (Å²) in [6, 6.07) is 7.38. The van der Waals surface area contributed by atoms with Gasteiger partial charge in [-0.1, -0.05) is 16.8 Å². The molecule has 2 aromatic heterocycles. The van der Waals surface area contributed by atoms with Crippen molar-refractivity contribution in [2.24, 2.45) is 0 Å². The fraction of sp³-hybridized carbons (Fsp3) is 0.167. The second kappa shape index (κ2) is 7.88. The number of thioether (sulfide) groups is 1. The van der Waals surface area contributed by atoms with Gasteiger partial charge in [-0.25, -0.2) is 9.37 Å². The molecule has 0 aliphatic rings. The number of amides is 1. The van der Waals surface area contributed by atoms with Gasteiger partial charge >= 0.3 is 0 Å². The van der Waals surface area contributed by atoms with E-state index < -0.39 is 11.7 Å². The quantitative estimate of drug-likeness (QED) is 0.618. The molecule has 26 heavy (non-hydrogen) atoms. The highest BCUT2D eigenvalue weighted by molar-refractivity contribution is 7.98. The number of pyridine rings is 1. The van der Waals surface area contributed by atoms with Crippen LogP contribution in [0.2, 0.25) is 5.02 Å². The van der Waals surface area contributed by atoms with E-state index in [1.807, 2.05) is 13.8 Å². The Morgan fingerprint density at radius 3 is 2.85 bits per heavy atom. The molecule has 3 rings (SSSR count). The lowest BCUT2D eigenvalue weighted by atomic mass is 10.2. The van der Waals surface area contributed by atoms with E-state index in [0.29, 0.717) is 16.3 Å². The van der Waals surface area contributed by atoms with E-state index in [-0.39, 0.29) is 10.7 Å². The Morgan fingerprint density at radius 1 is 1.35 bits per heavy atom. The highest BCUT2D eigenvalue weighted by Gasteiger charge is 2.17. The van der Waals surface area contributed by atoms with Crippen molar-refractivity contribution in [1.82, 2.24) is 10.1 Å². The molecule has 2 heterocycles. The van der Waals surface area contributed by atoms with E-state index in [2.05, 4.69) is 15.5 Å². The van der Waals surface area contributed by atoms with Crippen molar-refractivity contribution >= 4 is 35.0 Å². The molecule has 1 N–H and O–H groups in total. The van der Waals surface area contributed by atoms with Crippen LogP contribution < -0.4 is 5.32 Å². The summed E-state index contributed by atoms with van der Waals surface area (Å²) in [7, 11) is 0. The monoisotopic (exact) mass is 391 g/mol. The fourth-order valence-corrected chi connectivity index (χ4v) is 3.61. The highest BCUT2D eigenvalue weighted by atomic mass is 35.5. The van der Waals surface area contributed by atoms with Crippen molar-refractivity contribution in [1.29, 1.82) is 0 Å². The zero-order chi connectivity index (χ0) is 18.7. The Balaban J connectivity index is 1.79. The molecule has 0 saturated carbocycles. The molecule has 0 fully saturated rings. The van der Waals surface area contributed by atoms with E-state index in [1.165, 1.54) is 23.9 Å². The van der Waals surface area contributed by atoms with Crippen LogP contribution in [0.4, 0.5) is 10.1 Å². The van der Waals surface area contributed by atoms with E-state index in [4.69, 9.17) is 16.1 Å². The van der Waals surface area contributed by atoms with Crippen molar-refractivity contribution in [3.05, 3.63) is 69.9 Å². The van der Waals surface area contributed by atoms with Crippen molar-refractivity contribution in [2.75, 3.05) is 5.32 Å². The SMILES string of the molecule is Cc1noc(C)c1CSc1ncccc1C(=O)Nc1ccc(Cl)cc1F. The van der Waals surface area contributed by atoms with Crippen LogP contribution in [-0.2, 0) is 5.75 Å². The molecule has 0 radical (unpaired) electrons. The van der Waals surface area contributed by atoms with Gasteiger partial charge in [0.25, 0.3) is 5.91 Å². The normalized spacial score (nSPS) is 10.8. The standard InChI is InChI=1S/C18H15ClFN3O2S/c1-10-14(11(2)25-23-10)9-26-18-13(4-3-7-21-18)17(24)22-16-6-5-12(19)8-15(16)20/h3-8H,9H2,1-2H3,(H,22,24). The van der Waals surface area contributed by atoms with E-state index in [9.17, 15) is 9.18 Å². The number of benzene rings is 1. The third kappa shape index (κ3) is 4.05. The number of nitrogens with zero attached hydrogens (tertiary/aromatic N) is 2. The van der Waals surface area contributed by atoms with Crippen LogP contribution in [0.25, 0.3) is 0 Å². The lowest BCUT2D eigenvalue weighted by Crippen LogP contribution is -2.14. The predicted molar refractivity (Wildman–Crippen MR) is 99.1 cm³/mol. The van der Waals surface area contributed by atoms with E-state index >= 15 is 0 Å². The van der Waals surface area contributed by atoms with Gasteiger partial charge in [-0.05, 0) is 44.2 Å². The second-order valence-corrected chi connectivity index (χ2v) is 6.93. The summed E-state index contributed by atoms with van der Waals surface area (Å²) >= 11 is 7.12. The van der Waals surface area contributed by atoms with E-state index in [0.717, 1.165) is 23.1 Å². The van der Waals surface area contributed by atoms with E-state index in [1.54, 1.807) is 18.3 Å². The number of hydrogen-bond donors (Lipinski definition) is 1. The number of hydrogen-bond acceptors (Lipinski definition) is 5. The molecule has 0 atom stereocenters. The fourth-order valence-electron chi connectivity index (χ4n) is 2.31. The zero-order valence-corrected chi connectivity index (χ0v) is 15.6. The molecule has 0 aliphatic carbocycles. The molecule has 1 amide bonds. The van der Waals surface area contributed by atoms with Gasteiger partial charge in [-0.2, -0.15) is 0 Å². The van der Waals surface area contributed by atoms with Gasteiger partial charge in [0.2, 0.25) is 0 Å². The molecule has 1 aromatic carbocycles. The zero-order valence-electron chi connectivity index (χ0n) is 14.0. The van der Waals surface area contributed by atoms with Gasteiger partial charge in [-0.15, -0.1) is 11.8 Å². The topological polar surface area (TPSA) is 68.0 Å². The maximum Gasteiger partial charge on any atom is 0.258 e. The van der Waals surface area contributed by atoms with Crippen LogP contribution in [0.15, 0.2) is 46.1 Å². The van der Waals surface area contributed by atoms with Crippen LogP contribution >= 0.6 is 23.4 Å². The van der Waals surface area contributed by atoms with Gasteiger partial charge in [0.15, 0.2) is 0 Å². The summed E-state index contributed by atoms with van der Waals surface area (Å²) in [5.74, 6) is 0.258. The van der Waals surface area contributed by atoms with Crippen molar-refractivity contribution in [3.63, 3.8) is 0 Å². The minimum atomic E-state index is -0.598. The number of aromatic nitrogens is 2. The first-order chi connectivity index (χ1) is 12.5. The van der Waals surface area contributed by atoms with Gasteiger partial charge in [0.1, 0.15) is 16.6 Å². The molecule has 0 spiro atoms. The number of aryl methyl sites for hydroxylation is 2. The van der Waals surface area contributed by atoms with Crippen LogP contribution in [0.5, 0.6) is 0 Å². The lowest BCUT2D eigenvalue weighted by Gasteiger charge is -2.10. The first-order valence-corrected chi connectivity index (χ1v) is 9.08. The molecule has 0 saturated heterocycles. The molecule has 0 bridgehead atoms. The number of nitrogens with one attached hydrogen (secondary N) is 1. The summed E-state index contributed by atoms with van der Waals surface area (Å²) in [5, 5.41) is 7.27. The Kier molecular flexibility index (Phi) is 5.58. The third-order valence-electron chi connectivity index (χ3n) is 3.73. The molecule has 5 nitrogen and oxygen atoms in total. The van der Waals surface area contributed by atoms with Crippen molar-refractivity contribution in [2.45, 2.75) is 24.6 Å². The minimum Gasteiger partial charge on any atom is -0.361 e. The average molecular weight is 392 g/mol. The molecule has 0 aliphatic heterocycles. The van der Waals surface area contributed by atoms with Gasteiger partial charge in [0, 0.05) is 22.5 Å². The second-order valence-electron chi connectivity index (χ2n) is 5.53. The summed E-state index contributed by atoms with van der Waals surface area (Å²) in [4.78, 5) is 16.8. The lowest BCUT2D eigenvalue weighted by molar-refractivity contribution is 0.102. The molecule has 8 heteroatoms. The van der Waals surface area contributed by atoms with Crippen LogP contribution in [-0.4, -0.2) is 16.0 Å². The molecular formula is C18H15ClFN3O2S. The third-order valence-corrected chi connectivity index (χ3v) is 5.00. The van der Waals surface area contributed by atoms with Crippen molar-refractivity contribution < 1.29 is 13.7 Å².